The van der Waals surface area contributed by atoms with Gasteiger partial charge in [0.05, 0.1) is 5.69 Å². The van der Waals surface area contributed by atoms with E-state index >= 15 is 0 Å². The van der Waals surface area contributed by atoms with E-state index in [2.05, 4.69) is 10.6 Å². The molecule has 0 heterocycles. The molecule has 0 aliphatic heterocycles. The number of ether oxygens (including phenoxy) is 1. The Morgan fingerprint density at radius 2 is 1.75 bits per heavy atom. The fourth-order valence-corrected chi connectivity index (χ4v) is 1.75. The normalized spacial score (nSPS) is 11.7. The van der Waals surface area contributed by atoms with Gasteiger partial charge in [0.2, 0.25) is 0 Å². The Morgan fingerprint density at radius 3 is 2.42 bits per heavy atom. The highest BCUT2D eigenvalue weighted by Crippen LogP contribution is 2.14. The Labute approximate surface area is 136 Å². The van der Waals surface area contributed by atoms with E-state index in [-0.39, 0.29) is 18.8 Å². The van der Waals surface area contributed by atoms with Crippen molar-refractivity contribution in [2.75, 3.05) is 18.5 Å². The summed E-state index contributed by atoms with van der Waals surface area (Å²) < 4.78 is 44.1. The minimum atomic E-state index is -1.03. The second-order valence-electron chi connectivity index (χ2n) is 4.88. The van der Waals surface area contributed by atoms with Crippen LogP contribution in [0.3, 0.4) is 0 Å². The predicted molar refractivity (Wildman–Crippen MR) is 81.3 cm³/mol. The van der Waals surface area contributed by atoms with Crippen molar-refractivity contribution in [1.82, 2.24) is 5.32 Å². The first-order chi connectivity index (χ1) is 11.4. The minimum absolute atomic E-state index is 0.128. The fraction of sp³-hybridized carbons (Fsp3) is 0.188. The highest BCUT2D eigenvalue weighted by atomic mass is 19.1. The molecule has 0 fully saturated rings. The number of halogens is 3. The molecule has 0 radical (unpaired) electrons. The molecule has 0 aliphatic rings. The number of hydrogen-bond donors (Lipinski definition) is 3. The highest BCUT2D eigenvalue weighted by Gasteiger charge is 2.10. The summed E-state index contributed by atoms with van der Waals surface area (Å²) in [4.78, 5) is 11.6. The molecule has 5 nitrogen and oxygen atoms in total. The van der Waals surface area contributed by atoms with Crippen LogP contribution in [0.1, 0.15) is 0 Å². The molecule has 0 saturated carbocycles. The van der Waals surface area contributed by atoms with E-state index < -0.39 is 29.6 Å². The topological polar surface area (TPSA) is 70.6 Å². The van der Waals surface area contributed by atoms with Gasteiger partial charge in [0.15, 0.2) is 0 Å². The molecule has 0 bridgehead atoms. The summed E-state index contributed by atoms with van der Waals surface area (Å²) >= 11 is 0. The van der Waals surface area contributed by atoms with Gasteiger partial charge in [0.1, 0.15) is 35.9 Å². The molecular formula is C16H15F3N2O3. The number of anilines is 1. The third-order valence-electron chi connectivity index (χ3n) is 2.93. The molecule has 0 spiro atoms. The van der Waals surface area contributed by atoms with Gasteiger partial charge in [-0.25, -0.2) is 18.0 Å². The van der Waals surface area contributed by atoms with Crippen molar-refractivity contribution in [2.24, 2.45) is 0 Å². The van der Waals surface area contributed by atoms with Gasteiger partial charge in [-0.3, -0.25) is 0 Å². The zero-order valence-corrected chi connectivity index (χ0v) is 12.4. The Hall–Kier alpha value is -2.74. The van der Waals surface area contributed by atoms with E-state index in [1.807, 2.05) is 0 Å². The molecule has 128 valence electrons. The second-order valence-corrected chi connectivity index (χ2v) is 4.88. The van der Waals surface area contributed by atoms with Gasteiger partial charge in [-0.1, -0.05) is 0 Å². The van der Waals surface area contributed by atoms with Gasteiger partial charge in [-0.15, -0.1) is 0 Å². The number of benzene rings is 2. The third-order valence-corrected chi connectivity index (χ3v) is 2.93. The average Bonchev–Trinajstić information content (AvgIpc) is 2.55. The maximum Gasteiger partial charge on any atom is 0.319 e. The molecule has 2 aromatic rings. The first-order valence-electron chi connectivity index (χ1n) is 7.00. The van der Waals surface area contributed by atoms with E-state index in [9.17, 15) is 23.1 Å². The Balaban J connectivity index is 1.73. The van der Waals surface area contributed by atoms with Crippen molar-refractivity contribution in [3.63, 3.8) is 0 Å². The van der Waals surface area contributed by atoms with Crippen LogP contribution in [0.2, 0.25) is 0 Å². The first-order valence-corrected chi connectivity index (χ1v) is 7.00. The van der Waals surface area contributed by atoms with Crippen LogP contribution in [0.25, 0.3) is 0 Å². The lowest BCUT2D eigenvalue weighted by Crippen LogP contribution is -2.37. The summed E-state index contributed by atoms with van der Waals surface area (Å²) in [5.74, 6) is -1.71. The summed E-state index contributed by atoms with van der Waals surface area (Å²) in [6.45, 7) is -0.285. The third kappa shape index (κ3) is 5.47. The number of rotatable bonds is 6. The van der Waals surface area contributed by atoms with Crippen LogP contribution in [0, 0.1) is 17.5 Å². The predicted octanol–water partition coefficient (Wildman–Crippen LogP) is 2.67. The average molecular weight is 340 g/mol. The summed E-state index contributed by atoms with van der Waals surface area (Å²) in [6, 6.07) is 7.19. The number of nitrogens with one attached hydrogen (secondary N) is 2. The first kappa shape index (κ1) is 17.6. The molecule has 0 aliphatic carbocycles. The van der Waals surface area contributed by atoms with E-state index in [1.165, 1.54) is 24.3 Å². The maximum absolute atomic E-state index is 13.4. The number of aliphatic hydroxyl groups excluding tert-OH is 1. The number of carbonyl (C=O) groups excluding carboxylic acids is 1. The summed E-state index contributed by atoms with van der Waals surface area (Å²) in [5.41, 5.74) is -0.189. The number of hydrogen-bond acceptors (Lipinski definition) is 3. The van der Waals surface area contributed by atoms with E-state index in [0.29, 0.717) is 11.8 Å². The van der Waals surface area contributed by atoms with Crippen LogP contribution in [0.5, 0.6) is 5.75 Å². The van der Waals surface area contributed by atoms with Crippen LogP contribution in [-0.2, 0) is 0 Å². The molecule has 8 heteroatoms. The minimum Gasteiger partial charge on any atom is -0.491 e. The molecule has 3 N–H and O–H groups in total. The van der Waals surface area contributed by atoms with Crippen molar-refractivity contribution >= 4 is 11.7 Å². The lowest BCUT2D eigenvalue weighted by Gasteiger charge is -2.14. The van der Waals surface area contributed by atoms with Gasteiger partial charge in [0.25, 0.3) is 0 Å². The van der Waals surface area contributed by atoms with Gasteiger partial charge in [-0.05, 0) is 36.4 Å². The smallest absolute Gasteiger partial charge is 0.319 e. The standard InChI is InChI=1S/C16H15F3N2O3/c17-10-1-4-13(5-2-10)24-9-12(22)8-20-16(23)21-15-6-3-11(18)7-14(15)19/h1-7,12,22H,8-9H2,(H2,20,21,23). The molecule has 2 amide bonds. The lowest BCUT2D eigenvalue weighted by molar-refractivity contribution is 0.108. The van der Waals surface area contributed by atoms with Crippen molar-refractivity contribution < 1.29 is 27.8 Å². The zero-order valence-electron chi connectivity index (χ0n) is 12.4. The zero-order chi connectivity index (χ0) is 17.5. The second kappa shape index (κ2) is 8.21. The van der Waals surface area contributed by atoms with Gasteiger partial charge < -0.3 is 20.5 Å². The number of carbonyl (C=O) groups is 1. The van der Waals surface area contributed by atoms with Gasteiger partial charge >= 0.3 is 6.03 Å². The Kier molecular flexibility index (Phi) is 6.02. The monoisotopic (exact) mass is 340 g/mol. The molecule has 2 aromatic carbocycles. The Morgan fingerprint density at radius 1 is 1.08 bits per heavy atom. The van der Waals surface area contributed by atoms with Crippen molar-refractivity contribution in [2.45, 2.75) is 6.10 Å². The number of aliphatic hydroxyl groups is 1. The van der Waals surface area contributed by atoms with Gasteiger partial charge in [0, 0.05) is 12.6 Å². The highest BCUT2D eigenvalue weighted by molar-refractivity contribution is 5.89. The summed E-state index contributed by atoms with van der Waals surface area (Å²) in [7, 11) is 0. The van der Waals surface area contributed by atoms with Gasteiger partial charge in [-0.2, -0.15) is 0 Å². The maximum atomic E-state index is 13.4. The quantitative estimate of drug-likeness (QED) is 0.757. The van der Waals surface area contributed by atoms with Crippen LogP contribution in [0.4, 0.5) is 23.7 Å². The molecule has 1 unspecified atom stereocenters. The van der Waals surface area contributed by atoms with Crippen LogP contribution < -0.4 is 15.4 Å². The molecule has 0 saturated heterocycles. The van der Waals surface area contributed by atoms with E-state index in [1.54, 1.807) is 0 Å². The molecule has 24 heavy (non-hydrogen) atoms. The lowest BCUT2D eigenvalue weighted by atomic mass is 10.3. The van der Waals surface area contributed by atoms with Crippen LogP contribution in [0.15, 0.2) is 42.5 Å². The number of amides is 2. The molecule has 0 aromatic heterocycles. The summed E-state index contributed by atoms with van der Waals surface area (Å²) in [6.07, 6.45) is -1.03. The van der Waals surface area contributed by atoms with Crippen molar-refractivity contribution in [1.29, 1.82) is 0 Å². The molecular weight excluding hydrogens is 325 g/mol. The van der Waals surface area contributed by atoms with Crippen molar-refractivity contribution in [3.8, 4) is 5.75 Å². The number of urea groups is 1. The van der Waals surface area contributed by atoms with Crippen LogP contribution in [-0.4, -0.2) is 30.4 Å². The molecule has 1 atom stereocenters. The fourth-order valence-electron chi connectivity index (χ4n) is 1.75. The van der Waals surface area contributed by atoms with Crippen LogP contribution >= 0.6 is 0 Å². The van der Waals surface area contributed by atoms with E-state index in [0.717, 1.165) is 12.1 Å². The Bertz CT molecular complexity index is 695. The van der Waals surface area contributed by atoms with Crippen molar-refractivity contribution in [3.05, 3.63) is 59.9 Å². The van der Waals surface area contributed by atoms with E-state index in [4.69, 9.17) is 4.74 Å². The largest absolute Gasteiger partial charge is 0.491 e. The molecule has 2 rings (SSSR count). The SMILES string of the molecule is O=C(NCC(O)COc1ccc(F)cc1)Nc1ccc(F)cc1F. The summed E-state index contributed by atoms with van der Waals surface area (Å²) in [5, 5.41) is 14.2.